The van der Waals surface area contributed by atoms with Gasteiger partial charge >= 0.3 is 0 Å². The van der Waals surface area contributed by atoms with E-state index in [1.54, 1.807) is 6.07 Å². The van der Waals surface area contributed by atoms with Gasteiger partial charge in [-0.2, -0.15) is 0 Å². The summed E-state index contributed by atoms with van der Waals surface area (Å²) in [4.78, 5) is 0. The van der Waals surface area contributed by atoms with Crippen molar-refractivity contribution in [2.24, 2.45) is 0 Å². The molecule has 1 aliphatic heterocycles. The van der Waals surface area contributed by atoms with Crippen LogP contribution in [0.2, 0.25) is 0 Å². The zero-order valence-electron chi connectivity index (χ0n) is 7.92. The Morgan fingerprint density at radius 1 is 1.50 bits per heavy atom. The zero-order valence-corrected chi connectivity index (χ0v) is 7.92. The molecule has 1 atom stereocenters. The topological polar surface area (TPSA) is 30.5 Å². The Bertz CT molecular complexity index is 330. The molecule has 3 nitrogen and oxygen atoms in total. The number of hydrogen-bond donors (Lipinski definition) is 1. The minimum atomic E-state index is -0.308. The second-order valence-corrected chi connectivity index (χ2v) is 3.20. The molecule has 0 amide bonds. The van der Waals surface area contributed by atoms with E-state index in [0.717, 1.165) is 0 Å². The van der Waals surface area contributed by atoms with Gasteiger partial charge in [0.05, 0.1) is 0 Å². The first-order chi connectivity index (χ1) is 6.79. The van der Waals surface area contributed by atoms with Crippen molar-refractivity contribution in [2.45, 2.75) is 6.10 Å². The minimum absolute atomic E-state index is 0.0469. The van der Waals surface area contributed by atoms with E-state index in [9.17, 15) is 4.39 Å². The van der Waals surface area contributed by atoms with Gasteiger partial charge in [-0.25, -0.2) is 4.39 Å². The fourth-order valence-electron chi connectivity index (χ4n) is 1.42. The fourth-order valence-corrected chi connectivity index (χ4v) is 1.42. The SMILES string of the molecule is CNCC1COc2ccc(F)cc2O1. The third-order valence-corrected chi connectivity index (χ3v) is 2.06. The monoisotopic (exact) mass is 197 g/mol. The van der Waals surface area contributed by atoms with Gasteiger partial charge in [-0.15, -0.1) is 0 Å². The van der Waals surface area contributed by atoms with Crippen LogP contribution in [-0.2, 0) is 0 Å². The lowest BCUT2D eigenvalue weighted by atomic mass is 10.2. The zero-order chi connectivity index (χ0) is 9.97. The maximum absolute atomic E-state index is 12.9. The van der Waals surface area contributed by atoms with E-state index in [0.29, 0.717) is 24.7 Å². The van der Waals surface area contributed by atoms with Gasteiger partial charge in [-0.05, 0) is 19.2 Å². The van der Waals surface area contributed by atoms with Crippen LogP contribution in [0.15, 0.2) is 18.2 Å². The summed E-state index contributed by atoms with van der Waals surface area (Å²) in [6.45, 7) is 1.19. The Kier molecular flexibility index (Phi) is 2.54. The minimum Gasteiger partial charge on any atom is -0.486 e. The molecular formula is C10H12FNO2. The van der Waals surface area contributed by atoms with Crippen molar-refractivity contribution in [1.29, 1.82) is 0 Å². The van der Waals surface area contributed by atoms with E-state index in [-0.39, 0.29) is 11.9 Å². The van der Waals surface area contributed by atoms with Gasteiger partial charge in [0.1, 0.15) is 18.5 Å². The van der Waals surface area contributed by atoms with E-state index in [1.807, 2.05) is 7.05 Å². The van der Waals surface area contributed by atoms with E-state index in [4.69, 9.17) is 9.47 Å². The van der Waals surface area contributed by atoms with Gasteiger partial charge in [0.25, 0.3) is 0 Å². The normalized spacial score (nSPS) is 19.4. The average Bonchev–Trinajstić information content (AvgIpc) is 2.17. The van der Waals surface area contributed by atoms with Crippen LogP contribution in [-0.4, -0.2) is 26.3 Å². The lowest BCUT2D eigenvalue weighted by Crippen LogP contribution is -2.37. The maximum Gasteiger partial charge on any atom is 0.164 e. The van der Waals surface area contributed by atoms with Crippen molar-refractivity contribution < 1.29 is 13.9 Å². The predicted octanol–water partition coefficient (Wildman–Crippen LogP) is 1.18. The Hall–Kier alpha value is -1.29. The number of nitrogens with one attached hydrogen (secondary N) is 1. The van der Waals surface area contributed by atoms with Gasteiger partial charge < -0.3 is 14.8 Å². The molecule has 0 bridgehead atoms. The van der Waals surface area contributed by atoms with E-state index in [2.05, 4.69) is 5.32 Å². The highest BCUT2D eigenvalue weighted by atomic mass is 19.1. The summed E-state index contributed by atoms with van der Waals surface area (Å²) in [5.74, 6) is 0.785. The second-order valence-electron chi connectivity index (χ2n) is 3.20. The third-order valence-electron chi connectivity index (χ3n) is 2.06. The molecule has 0 fully saturated rings. The molecule has 4 heteroatoms. The average molecular weight is 197 g/mol. The molecule has 1 heterocycles. The summed E-state index contributed by atoms with van der Waals surface area (Å²) in [6.07, 6.45) is -0.0469. The van der Waals surface area contributed by atoms with Crippen LogP contribution >= 0.6 is 0 Å². The van der Waals surface area contributed by atoms with E-state index < -0.39 is 0 Å². The quantitative estimate of drug-likeness (QED) is 0.772. The predicted molar refractivity (Wildman–Crippen MR) is 50.2 cm³/mol. The number of likely N-dealkylation sites (N-methyl/N-ethyl adjacent to an activating group) is 1. The van der Waals surface area contributed by atoms with Crippen molar-refractivity contribution in [3.05, 3.63) is 24.0 Å². The van der Waals surface area contributed by atoms with Crippen LogP contribution in [0.25, 0.3) is 0 Å². The molecule has 0 saturated carbocycles. The van der Waals surface area contributed by atoms with E-state index in [1.165, 1.54) is 12.1 Å². The highest BCUT2D eigenvalue weighted by molar-refractivity contribution is 5.41. The van der Waals surface area contributed by atoms with Crippen LogP contribution < -0.4 is 14.8 Å². The Balaban J connectivity index is 2.16. The van der Waals surface area contributed by atoms with Crippen molar-refractivity contribution >= 4 is 0 Å². The maximum atomic E-state index is 12.9. The first kappa shape index (κ1) is 9.27. The number of halogens is 1. The standard InChI is InChI=1S/C10H12FNO2/c1-12-5-8-6-13-9-3-2-7(11)4-10(9)14-8/h2-4,8,12H,5-6H2,1H3. The van der Waals surface area contributed by atoms with Gasteiger partial charge in [0.2, 0.25) is 0 Å². The van der Waals surface area contributed by atoms with Gasteiger partial charge in [0.15, 0.2) is 11.5 Å². The Labute approximate surface area is 81.8 Å². The van der Waals surface area contributed by atoms with Crippen molar-refractivity contribution in [3.63, 3.8) is 0 Å². The largest absolute Gasteiger partial charge is 0.486 e. The molecule has 1 aromatic rings. The van der Waals surface area contributed by atoms with Gasteiger partial charge in [-0.1, -0.05) is 0 Å². The van der Waals surface area contributed by atoms with Crippen LogP contribution in [0.1, 0.15) is 0 Å². The third kappa shape index (κ3) is 1.80. The summed E-state index contributed by atoms with van der Waals surface area (Å²) in [7, 11) is 1.84. The van der Waals surface area contributed by atoms with E-state index >= 15 is 0 Å². The smallest absolute Gasteiger partial charge is 0.164 e. The summed E-state index contributed by atoms with van der Waals surface area (Å²) >= 11 is 0. The Morgan fingerprint density at radius 3 is 3.14 bits per heavy atom. The lowest BCUT2D eigenvalue weighted by Gasteiger charge is -2.26. The summed E-state index contributed by atoms with van der Waals surface area (Å²) in [5, 5.41) is 2.98. The highest BCUT2D eigenvalue weighted by Gasteiger charge is 2.20. The van der Waals surface area contributed by atoms with Gasteiger partial charge in [-0.3, -0.25) is 0 Å². The molecular weight excluding hydrogens is 185 g/mol. The van der Waals surface area contributed by atoms with Crippen molar-refractivity contribution in [2.75, 3.05) is 20.2 Å². The molecule has 0 radical (unpaired) electrons. The molecule has 0 aliphatic carbocycles. The summed E-state index contributed by atoms with van der Waals surface area (Å²) < 4.78 is 23.8. The number of benzene rings is 1. The summed E-state index contributed by atoms with van der Waals surface area (Å²) in [5.41, 5.74) is 0. The molecule has 0 spiro atoms. The molecule has 0 saturated heterocycles. The van der Waals surface area contributed by atoms with Crippen molar-refractivity contribution in [3.8, 4) is 11.5 Å². The molecule has 1 aliphatic rings. The molecule has 2 rings (SSSR count). The first-order valence-corrected chi connectivity index (χ1v) is 4.53. The number of rotatable bonds is 2. The number of fused-ring (bicyclic) bond motifs is 1. The number of ether oxygens (including phenoxy) is 2. The molecule has 76 valence electrons. The number of hydrogen-bond acceptors (Lipinski definition) is 3. The van der Waals surface area contributed by atoms with Crippen LogP contribution in [0.3, 0.4) is 0 Å². The lowest BCUT2D eigenvalue weighted by molar-refractivity contribution is 0.0913. The van der Waals surface area contributed by atoms with Crippen molar-refractivity contribution in [1.82, 2.24) is 5.32 Å². The Morgan fingerprint density at radius 2 is 2.36 bits per heavy atom. The summed E-state index contributed by atoms with van der Waals surface area (Å²) in [6, 6.07) is 4.29. The molecule has 1 unspecified atom stereocenters. The second kappa shape index (κ2) is 3.84. The fraction of sp³-hybridized carbons (Fsp3) is 0.400. The van der Waals surface area contributed by atoms with Gasteiger partial charge in [0, 0.05) is 12.6 Å². The first-order valence-electron chi connectivity index (χ1n) is 4.53. The molecule has 14 heavy (non-hydrogen) atoms. The highest BCUT2D eigenvalue weighted by Crippen LogP contribution is 2.31. The van der Waals surface area contributed by atoms with Crippen LogP contribution in [0.4, 0.5) is 4.39 Å². The van der Waals surface area contributed by atoms with Crippen LogP contribution in [0, 0.1) is 5.82 Å². The molecule has 1 N–H and O–H groups in total. The molecule has 0 aromatic heterocycles. The van der Waals surface area contributed by atoms with Crippen LogP contribution in [0.5, 0.6) is 11.5 Å². The molecule has 1 aromatic carbocycles.